The average Bonchev–Trinajstić information content (AvgIpc) is 2.28. The zero-order valence-electron chi connectivity index (χ0n) is 10.3. The van der Waals surface area contributed by atoms with E-state index in [1.165, 1.54) is 0 Å². The van der Waals surface area contributed by atoms with Gasteiger partial charge < -0.3 is 15.2 Å². The van der Waals surface area contributed by atoms with Crippen LogP contribution in [0.4, 0.5) is 0 Å². The third-order valence-electron chi connectivity index (χ3n) is 2.47. The van der Waals surface area contributed by atoms with Gasteiger partial charge in [-0.25, -0.2) is 4.98 Å². The van der Waals surface area contributed by atoms with E-state index in [0.29, 0.717) is 12.4 Å². The second-order valence-electron chi connectivity index (χ2n) is 4.15. The molecule has 5 nitrogen and oxygen atoms in total. The molecule has 1 heterocycles. The molecule has 1 rings (SSSR count). The van der Waals surface area contributed by atoms with E-state index >= 15 is 0 Å². The smallest absolute Gasteiger partial charge is 0.320 e. The average molecular weight is 238 g/mol. The number of carbonyl (C=O) groups is 1. The molecule has 0 saturated carbocycles. The predicted octanol–water partition coefficient (Wildman–Crippen LogP) is 1.29. The Bertz CT molecular complexity index is 380. The first kappa shape index (κ1) is 13.4. The van der Waals surface area contributed by atoms with Crippen molar-refractivity contribution in [3.05, 3.63) is 23.9 Å². The highest BCUT2D eigenvalue weighted by Crippen LogP contribution is 2.09. The monoisotopic (exact) mass is 238 g/mol. The van der Waals surface area contributed by atoms with Crippen LogP contribution in [0.15, 0.2) is 18.3 Å². The minimum Gasteiger partial charge on any atom is -0.481 e. The summed E-state index contributed by atoms with van der Waals surface area (Å²) in [5.41, 5.74) is 0.948. The Labute approximate surface area is 101 Å². The Hall–Kier alpha value is -1.62. The molecule has 1 aromatic rings. The fourth-order valence-electron chi connectivity index (χ4n) is 1.51. The minimum absolute atomic E-state index is 0.0382. The van der Waals surface area contributed by atoms with Gasteiger partial charge in [-0.05, 0) is 17.5 Å². The van der Waals surface area contributed by atoms with Crippen LogP contribution in [0.1, 0.15) is 19.4 Å². The first-order valence-corrected chi connectivity index (χ1v) is 5.49. The number of pyridine rings is 1. The van der Waals surface area contributed by atoms with Crippen molar-refractivity contribution in [2.45, 2.75) is 26.4 Å². The van der Waals surface area contributed by atoms with Crippen molar-refractivity contribution in [3.63, 3.8) is 0 Å². The van der Waals surface area contributed by atoms with Crippen molar-refractivity contribution in [1.29, 1.82) is 0 Å². The van der Waals surface area contributed by atoms with Crippen LogP contribution in [0.3, 0.4) is 0 Å². The highest BCUT2D eigenvalue weighted by atomic mass is 16.5. The lowest BCUT2D eigenvalue weighted by molar-refractivity contribution is -0.140. The minimum atomic E-state index is -0.832. The molecule has 0 aliphatic heterocycles. The normalized spacial score (nSPS) is 12.5. The van der Waals surface area contributed by atoms with Gasteiger partial charge in [0, 0.05) is 18.8 Å². The van der Waals surface area contributed by atoms with E-state index in [-0.39, 0.29) is 5.92 Å². The summed E-state index contributed by atoms with van der Waals surface area (Å²) in [6.45, 7) is 4.23. The number of carboxylic acids is 1. The van der Waals surface area contributed by atoms with Crippen LogP contribution >= 0.6 is 0 Å². The third-order valence-corrected chi connectivity index (χ3v) is 2.47. The van der Waals surface area contributed by atoms with Gasteiger partial charge in [0.2, 0.25) is 5.88 Å². The first-order valence-electron chi connectivity index (χ1n) is 5.49. The Balaban J connectivity index is 2.62. The topological polar surface area (TPSA) is 71.5 Å². The number of ether oxygens (including phenoxy) is 1. The fraction of sp³-hybridized carbons (Fsp3) is 0.500. The van der Waals surface area contributed by atoms with Crippen molar-refractivity contribution in [3.8, 4) is 5.88 Å². The van der Waals surface area contributed by atoms with Gasteiger partial charge in [-0.1, -0.05) is 13.8 Å². The van der Waals surface area contributed by atoms with Crippen molar-refractivity contribution >= 4 is 5.97 Å². The maximum Gasteiger partial charge on any atom is 0.320 e. The third kappa shape index (κ3) is 4.03. The molecule has 1 atom stereocenters. The summed E-state index contributed by atoms with van der Waals surface area (Å²) in [5, 5.41) is 12.0. The van der Waals surface area contributed by atoms with Crippen LogP contribution in [0.25, 0.3) is 0 Å². The van der Waals surface area contributed by atoms with Crippen LogP contribution < -0.4 is 10.1 Å². The van der Waals surface area contributed by atoms with Gasteiger partial charge >= 0.3 is 5.97 Å². The van der Waals surface area contributed by atoms with Crippen LogP contribution in [-0.4, -0.2) is 29.2 Å². The predicted molar refractivity (Wildman–Crippen MR) is 63.9 cm³/mol. The SMILES string of the molecule is COc1cc(CNC(C(=O)O)C(C)C)ccn1. The van der Waals surface area contributed by atoms with Gasteiger partial charge in [0.25, 0.3) is 0 Å². The number of carboxylic acid groups (broad SMARTS) is 1. The molecule has 0 radical (unpaired) electrons. The molecule has 94 valence electrons. The van der Waals surface area contributed by atoms with Crippen LogP contribution in [-0.2, 0) is 11.3 Å². The standard InChI is InChI=1S/C12H18N2O3/c1-8(2)11(12(15)16)14-7-9-4-5-13-10(6-9)17-3/h4-6,8,11,14H,7H2,1-3H3,(H,15,16). The molecule has 1 aromatic heterocycles. The fourth-order valence-corrected chi connectivity index (χ4v) is 1.51. The van der Waals surface area contributed by atoms with E-state index in [0.717, 1.165) is 5.56 Å². The maximum absolute atomic E-state index is 11.0. The quantitative estimate of drug-likeness (QED) is 0.781. The van der Waals surface area contributed by atoms with E-state index in [4.69, 9.17) is 9.84 Å². The zero-order chi connectivity index (χ0) is 12.8. The van der Waals surface area contributed by atoms with E-state index < -0.39 is 12.0 Å². The zero-order valence-corrected chi connectivity index (χ0v) is 10.3. The molecule has 0 fully saturated rings. The lowest BCUT2D eigenvalue weighted by atomic mass is 10.0. The van der Waals surface area contributed by atoms with E-state index in [1.807, 2.05) is 19.9 Å². The molecular formula is C12H18N2O3. The van der Waals surface area contributed by atoms with Gasteiger partial charge in [0.05, 0.1) is 7.11 Å². The Morgan fingerprint density at radius 3 is 2.82 bits per heavy atom. The first-order chi connectivity index (χ1) is 8.04. The number of hydrogen-bond acceptors (Lipinski definition) is 4. The van der Waals surface area contributed by atoms with Gasteiger partial charge in [0.1, 0.15) is 6.04 Å². The molecular weight excluding hydrogens is 220 g/mol. The summed E-state index contributed by atoms with van der Waals surface area (Å²) in [6, 6.07) is 3.07. The number of aromatic nitrogens is 1. The largest absolute Gasteiger partial charge is 0.481 e. The number of aliphatic carboxylic acids is 1. The van der Waals surface area contributed by atoms with E-state index in [2.05, 4.69) is 10.3 Å². The molecule has 0 bridgehead atoms. The molecule has 0 saturated heterocycles. The molecule has 2 N–H and O–H groups in total. The van der Waals surface area contributed by atoms with Gasteiger partial charge in [0.15, 0.2) is 0 Å². The molecule has 0 aliphatic rings. The molecule has 17 heavy (non-hydrogen) atoms. The van der Waals surface area contributed by atoms with E-state index in [9.17, 15) is 4.79 Å². The molecule has 0 spiro atoms. The number of methoxy groups -OCH3 is 1. The summed E-state index contributed by atoms with van der Waals surface area (Å²) in [7, 11) is 1.55. The van der Waals surface area contributed by atoms with Crippen molar-refractivity contribution < 1.29 is 14.6 Å². The lowest BCUT2D eigenvalue weighted by Gasteiger charge is -2.17. The summed E-state index contributed by atoms with van der Waals surface area (Å²) in [5.74, 6) is -0.266. The van der Waals surface area contributed by atoms with Crippen molar-refractivity contribution in [2.24, 2.45) is 5.92 Å². The Kier molecular flexibility index (Phi) is 4.90. The van der Waals surface area contributed by atoms with E-state index in [1.54, 1.807) is 19.4 Å². The van der Waals surface area contributed by atoms with Crippen LogP contribution in [0.2, 0.25) is 0 Å². The van der Waals surface area contributed by atoms with Crippen LogP contribution in [0, 0.1) is 5.92 Å². The number of rotatable bonds is 6. The molecule has 0 amide bonds. The van der Waals surface area contributed by atoms with Crippen LogP contribution in [0.5, 0.6) is 5.88 Å². The highest BCUT2D eigenvalue weighted by molar-refractivity contribution is 5.73. The lowest BCUT2D eigenvalue weighted by Crippen LogP contribution is -2.40. The maximum atomic E-state index is 11.0. The molecule has 0 aliphatic carbocycles. The summed E-state index contributed by atoms with van der Waals surface area (Å²) in [4.78, 5) is 15.0. The molecule has 5 heteroatoms. The summed E-state index contributed by atoms with van der Waals surface area (Å²) >= 11 is 0. The summed E-state index contributed by atoms with van der Waals surface area (Å²) < 4.78 is 5.00. The van der Waals surface area contributed by atoms with Gasteiger partial charge in [-0.2, -0.15) is 0 Å². The second-order valence-corrected chi connectivity index (χ2v) is 4.15. The molecule has 0 aromatic carbocycles. The number of nitrogens with zero attached hydrogens (tertiary/aromatic N) is 1. The molecule has 1 unspecified atom stereocenters. The van der Waals surface area contributed by atoms with Crippen molar-refractivity contribution in [1.82, 2.24) is 10.3 Å². The highest BCUT2D eigenvalue weighted by Gasteiger charge is 2.20. The summed E-state index contributed by atoms with van der Waals surface area (Å²) in [6.07, 6.45) is 1.64. The Morgan fingerprint density at radius 2 is 2.29 bits per heavy atom. The number of hydrogen-bond donors (Lipinski definition) is 2. The van der Waals surface area contributed by atoms with Gasteiger partial charge in [-0.3, -0.25) is 4.79 Å². The number of nitrogens with one attached hydrogen (secondary N) is 1. The second kappa shape index (κ2) is 6.20. The van der Waals surface area contributed by atoms with Crippen molar-refractivity contribution in [2.75, 3.05) is 7.11 Å². The van der Waals surface area contributed by atoms with Gasteiger partial charge in [-0.15, -0.1) is 0 Å². The Morgan fingerprint density at radius 1 is 1.59 bits per heavy atom.